The summed E-state index contributed by atoms with van der Waals surface area (Å²) in [4.78, 5) is 14.1. The van der Waals surface area contributed by atoms with E-state index in [0.717, 1.165) is 48.8 Å². The second-order valence-electron chi connectivity index (χ2n) is 5.91. The van der Waals surface area contributed by atoms with E-state index in [1.54, 1.807) is 0 Å². The summed E-state index contributed by atoms with van der Waals surface area (Å²) in [5.74, 6) is 1.62. The number of aryl methyl sites for hydroxylation is 1. The van der Waals surface area contributed by atoms with Crippen LogP contribution >= 0.6 is 0 Å². The summed E-state index contributed by atoms with van der Waals surface area (Å²) >= 11 is 0. The molecule has 1 aromatic heterocycles. The topological polar surface area (TPSA) is 59.5 Å². The Labute approximate surface area is 128 Å². The first kappa shape index (κ1) is 13.5. The molecule has 2 aliphatic heterocycles. The molecule has 6 heteroatoms. The molecular weight excluding hydrogens is 282 g/mol. The Morgan fingerprint density at radius 2 is 2.14 bits per heavy atom. The molecule has 0 radical (unpaired) electrons. The van der Waals surface area contributed by atoms with Crippen molar-refractivity contribution in [3.8, 4) is 11.5 Å². The summed E-state index contributed by atoms with van der Waals surface area (Å²) in [6, 6.07) is 7.76. The van der Waals surface area contributed by atoms with Crippen LogP contribution in [0.2, 0.25) is 0 Å². The van der Waals surface area contributed by atoms with Crippen LogP contribution in [0, 0.1) is 0 Å². The van der Waals surface area contributed by atoms with Gasteiger partial charge in [0.2, 0.25) is 0 Å². The van der Waals surface area contributed by atoms with Gasteiger partial charge in [0.05, 0.1) is 5.69 Å². The molecule has 0 spiro atoms. The predicted molar refractivity (Wildman–Crippen MR) is 81.4 cm³/mol. The number of fused-ring (bicyclic) bond motifs is 2. The van der Waals surface area contributed by atoms with E-state index in [9.17, 15) is 4.79 Å². The minimum Gasteiger partial charge on any atom is -0.486 e. The molecule has 4 rings (SSSR count). The highest BCUT2D eigenvalue weighted by molar-refractivity contribution is 5.40. The molecule has 3 heterocycles. The zero-order valence-electron chi connectivity index (χ0n) is 12.5. The maximum Gasteiger partial charge on any atom is 0.267 e. The zero-order valence-corrected chi connectivity index (χ0v) is 12.5. The van der Waals surface area contributed by atoms with Crippen LogP contribution in [0.1, 0.15) is 11.3 Å². The molecule has 0 saturated heterocycles. The lowest BCUT2D eigenvalue weighted by Crippen LogP contribution is -2.43. The Balaban J connectivity index is 1.45. The van der Waals surface area contributed by atoms with E-state index in [4.69, 9.17) is 9.47 Å². The van der Waals surface area contributed by atoms with Gasteiger partial charge in [-0.2, -0.15) is 0 Å². The Hall–Kier alpha value is -2.21. The third-order valence-electron chi connectivity index (χ3n) is 4.38. The van der Waals surface area contributed by atoms with E-state index in [1.807, 2.05) is 36.0 Å². The third kappa shape index (κ3) is 2.29. The SMILES string of the molecule is Cn1[nH]c(=O)c2c1CN(C[C@H]1COc3ccccc3O1)CC2. The van der Waals surface area contributed by atoms with Crippen molar-refractivity contribution in [2.75, 3.05) is 19.7 Å². The van der Waals surface area contributed by atoms with Gasteiger partial charge in [0.25, 0.3) is 5.56 Å². The van der Waals surface area contributed by atoms with E-state index >= 15 is 0 Å². The monoisotopic (exact) mass is 301 g/mol. The Kier molecular flexibility index (Phi) is 3.18. The van der Waals surface area contributed by atoms with Crippen LogP contribution in [0.4, 0.5) is 0 Å². The second kappa shape index (κ2) is 5.21. The predicted octanol–water partition coefficient (Wildman–Crippen LogP) is 0.911. The molecule has 0 unspecified atom stereocenters. The van der Waals surface area contributed by atoms with Gasteiger partial charge in [-0.05, 0) is 18.6 Å². The van der Waals surface area contributed by atoms with Gasteiger partial charge in [-0.1, -0.05) is 12.1 Å². The van der Waals surface area contributed by atoms with E-state index in [1.165, 1.54) is 0 Å². The molecule has 1 aromatic carbocycles. The Bertz CT molecular complexity index is 749. The van der Waals surface area contributed by atoms with Gasteiger partial charge in [-0.3, -0.25) is 19.5 Å². The normalized spacial score (nSPS) is 20.7. The number of nitrogens with one attached hydrogen (secondary N) is 1. The van der Waals surface area contributed by atoms with Crippen LogP contribution in [0.3, 0.4) is 0 Å². The quantitative estimate of drug-likeness (QED) is 0.896. The number of aromatic amines is 1. The molecular formula is C16H19N3O3. The van der Waals surface area contributed by atoms with Gasteiger partial charge in [0.1, 0.15) is 12.7 Å². The number of hydrogen-bond donors (Lipinski definition) is 1. The third-order valence-corrected chi connectivity index (χ3v) is 4.38. The smallest absolute Gasteiger partial charge is 0.267 e. The number of nitrogens with zero attached hydrogens (tertiary/aromatic N) is 2. The lowest BCUT2D eigenvalue weighted by molar-refractivity contribution is 0.0541. The largest absolute Gasteiger partial charge is 0.486 e. The number of ether oxygens (including phenoxy) is 2. The van der Waals surface area contributed by atoms with Crippen LogP contribution in [0.15, 0.2) is 29.1 Å². The number of para-hydroxylation sites is 2. The number of hydrogen-bond acceptors (Lipinski definition) is 4. The maximum absolute atomic E-state index is 11.8. The van der Waals surface area contributed by atoms with Crippen molar-refractivity contribution in [3.63, 3.8) is 0 Å². The van der Waals surface area contributed by atoms with Gasteiger partial charge >= 0.3 is 0 Å². The number of aromatic nitrogens is 2. The van der Waals surface area contributed by atoms with Gasteiger partial charge in [0, 0.05) is 32.2 Å². The summed E-state index contributed by atoms with van der Waals surface area (Å²) in [6.45, 7) is 3.01. The summed E-state index contributed by atoms with van der Waals surface area (Å²) in [5, 5.41) is 2.83. The van der Waals surface area contributed by atoms with Crippen molar-refractivity contribution in [1.29, 1.82) is 0 Å². The number of benzene rings is 1. The van der Waals surface area contributed by atoms with Crippen molar-refractivity contribution in [3.05, 3.63) is 45.9 Å². The van der Waals surface area contributed by atoms with Crippen molar-refractivity contribution in [2.45, 2.75) is 19.1 Å². The molecule has 0 bridgehead atoms. The molecule has 22 heavy (non-hydrogen) atoms. The first-order valence-electron chi connectivity index (χ1n) is 7.58. The molecule has 6 nitrogen and oxygen atoms in total. The van der Waals surface area contributed by atoms with E-state index < -0.39 is 0 Å². The van der Waals surface area contributed by atoms with E-state index in [2.05, 4.69) is 10.00 Å². The fourth-order valence-corrected chi connectivity index (χ4v) is 3.24. The summed E-state index contributed by atoms with van der Waals surface area (Å²) in [5.41, 5.74) is 2.04. The lowest BCUT2D eigenvalue weighted by atomic mass is 10.1. The summed E-state index contributed by atoms with van der Waals surface area (Å²) < 4.78 is 13.6. The van der Waals surface area contributed by atoms with E-state index in [-0.39, 0.29) is 11.7 Å². The first-order valence-corrected chi connectivity index (χ1v) is 7.58. The summed E-state index contributed by atoms with van der Waals surface area (Å²) in [6.07, 6.45) is 0.808. The minimum atomic E-state index is 0.0208. The van der Waals surface area contributed by atoms with Crippen LogP contribution in [-0.4, -0.2) is 40.5 Å². The van der Waals surface area contributed by atoms with Crippen LogP contribution in [0.5, 0.6) is 11.5 Å². The molecule has 0 aliphatic carbocycles. The number of rotatable bonds is 2. The zero-order chi connectivity index (χ0) is 15.1. The average Bonchev–Trinajstić information content (AvgIpc) is 2.82. The second-order valence-corrected chi connectivity index (χ2v) is 5.91. The highest BCUT2D eigenvalue weighted by atomic mass is 16.6. The van der Waals surface area contributed by atoms with Gasteiger partial charge < -0.3 is 9.47 Å². The van der Waals surface area contributed by atoms with E-state index in [0.29, 0.717) is 6.61 Å². The summed E-state index contributed by atoms with van der Waals surface area (Å²) in [7, 11) is 1.89. The standard InChI is InChI=1S/C16H19N3O3/c1-18-13-9-19(7-6-12(13)16(20)17-18)8-11-10-21-14-4-2-3-5-15(14)22-11/h2-5,11H,6-10H2,1H3,(H,17,20)/t11-/m0/s1. The fraction of sp³-hybridized carbons (Fsp3) is 0.438. The Morgan fingerprint density at radius 1 is 1.32 bits per heavy atom. The van der Waals surface area contributed by atoms with Crippen molar-refractivity contribution in [1.82, 2.24) is 14.7 Å². The molecule has 2 aliphatic rings. The molecule has 1 atom stereocenters. The molecule has 116 valence electrons. The van der Waals surface area contributed by atoms with Crippen LogP contribution in [-0.2, 0) is 20.0 Å². The maximum atomic E-state index is 11.8. The fourth-order valence-electron chi connectivity index (χ4n) is 3.24. The van der Waals surface area contributed by atoms with Crippen LogP contribution < -0.4 is 15.0 Å². The highest BCUT2D eigenvalue weighted by Crippen LogP contribution is 2.31. The molecule has 0 fully saturated rings. The number of H-pyrrole nitrogens is 1. The lowest BCUT2D eigenvalue weighted by Gasteiger charge is -2.33. The minimum absolute atomic E-state index is 0.0208. The average molecular weight is 301 g/mol. The first-order chi connectivity index (χ1) is 10.7. The van der Waals surface area contributed by atoms with Crippen molar-refractivity contribution >= 4 is 0 Å². The van der Waals surface area contributed by atoms with Gasteiger partial charge in [-0.15, -0.1) is 0 Å². The van der Waals surface area contributed by atoms with Crippen molar-refractivity contribution < 1.29 is 9.47 Å². The van der Waals surface area contributed by atoms with Crippen LogP contribution in [0.25, 0.3) is 0 Å². The van der Waals surface area contributed by atoms with Crippen molar-refractivity contribution in [2.24, 2.45) is 7.05 Å². The highest BCUT2D eigenvalue weighted by Gasteiger charge is 2.27. The molecule has 2 aromatic rings. The van der Waals surface area contributed by atoms with Gasteiger partial charge in [-0.25, -0.2) is 0 Å². The molecule has 1 N–H and O–H groups in total. The molecule has 0 amide bonds. The Morgan fingerprint density at radius 3 is 3.00 bits per heavy atom. The van der Waals surface area contributed by atoms with Gasteiger partial charge in [0.15, 0.2) is 11.5 Å². The molecule has 0 saturated carbocycles.